The van der Waals surface area contributed by atoms with Gasteiger partial charge in [-0.05, 0) is 30.9 Å². The highest BCUT2D eigenvalue weighted by Gasteiger charge is 2.38. The highest BCUT2D eigenvalue weighted by molar-refractivity contribution is 6.31. The van der Waals surface area contributed by atoms with Gasteiger partial charge in [0.25, 0.3) is 0 Å². The SMILES string of the molecule is COC1(CC(O)Cc2cccc(F)c2Cl)CCC1. The second-order valence-electron chi connectivity index (χ2n) is 5.02. The zero-order valence-electron chi connectivity index (χ0n) is 10.5. The number of halogens is 2. The van der Waals surface area contributed by atoms with Crippen molar-refractivity contribution in [1.29, 1.82) is 0 Å². The predicted molar refractivity (Wildman–Crippen MR) is 69.3 cm³/mol. The fourth-order valence-electron chi connectivity index (χ4n) is 2.52. The van der Waals surface area contributed by atoms with E-state index in [1.807, 2.05) is 0 Å². The smallest absolute Gasteiger partial charge is 0.142 e. The number of methoxy groups -OCH3 is 1. The lowest BCUT2D eigenvalue weighted by Gasteiger charge is -2.41. The largest absolute Gasteiger partial charge is 0.393 e. The second-order valence-corrected chi connectivity index (χ2v) is 5.39. The molecule has 4 heteroatoms. The minimum atomic E-state index is -0.551. The van der Waals surface area contributed by atoms with Gasteiger partial charge in [-0.25, -0.2) is 4.39 Å². The van der Waals surface area contributed by atoms with Crippen molar-refractivity contribution in [3.05, 3.63) is 34.6 Å². The lowest BCUT2D eigenvalue weighted by molar-refractivity contribution is -0.0989. The van der Waals surface area contributed by atoms with Crippen LogP contribution < -0.4 is 0 Å². The van der Waals surface area contributed by atoms with Crippen molar-refractivity contribution in [3.8, 4) is 0 Å². The monoisotopic (exact) mass is 272 g/mol. The van der Waals surface area contributed by atoms with Crippen molar-refractivity contribution in [1.82, 2.24) is 0 Å². The van der Waals surface area contributed by atoms with E-state index in [1.54, 1.807) is 19.2 Å². The van der Waals surface area contributed by atoms with E-state index in [-0.39, 0.29) is 10.6 Å². The van der Waals surface area contributed by atoms with E-state index < -0.39 is 11.9 Å². The number of aliphatic hydroxyl groups excluding tert-OH is 1. The van der Waals surface area contributed by atoms with Crippen molar-refractivity contribution < 1.29 is 14.2 Å². The Kier molecular flexibility index (Phi) is 4.25. The highest BCUT2D eigenvalue weighted by Crippen LogP contribution is 2.39. The third kappa shape index (κ3) is 2.85. The molecule has 1 saturated carbocycles. The Labute approximate surface area is 112 Å². The van der Waals surface area contributed by atoms with E-state index in [0.29, 0.717) is 18.4 Å². The molecule has 1 unspecified atom stereocenters. The van der Waals surface area contributed by atoms with Gasteiger partial charge in [-0.1, -0.05) is 23.7 Å². The maximum absolute atomic E-state index is 13.3. The Balaban J connectivity index is 1.98. The summed E-state index contributed by atoms with van der Waals surface area (Å²) in [5, 5.41) is 10.2. The van der Waals surface area contributed by atoms with Gasteiger partial charge in [-0.2, -0.15) is 0 Å². The van der Waals surface area contributed by atoms with Gasteiger partial charge < -0.3 is 9.84 Å². The molecule has 1 aliphatic rings. The first kappa shape index (κ1) is 13.8. The third-order valence-corrected chi connectivity index (χ3v) is 4.22. The minimum Gasteiger partial charge on any atom is -0.393 e. The molecular weight excluding hydrogens is 255 g/mol. The molecule has 100 valence electrons. The van der Waals surface area contributed by atoms with Gasteiger partial charge in [0, 0.05) is 20.0 Å². The number of aliphatic hydroxyl groups is 1. The second kappa shape index (κ2) is 5.55. The molecular formula is C14H18ClFO2. The summed E-state index contributed by atoms with van der Waals surface area (Å²) in [7, 11) is 1.68. The fraction of sp³-hybridized carbons (Fsp3) is 0.571. The number of benzene rings is 1. The van der Waals surface area contributed by atoms with Crippen LogP contribution in [0.15, 0.2) is 18.2 Å². The van der Waals surface area contributed by atoms with Gasteiger partial charge in [0.15, 0.2) is 0 Å². The first-order valence-electron chi connectivity index (χ1n) is 6.22. The molecule has 1 atom stereocenters. The molecule has 0 aliphatic heterocycles. The number of ether oxygens (including phenoxy) is 1. The average molecular weight is 273 g/mol. The van der Waals surface area contributed by atoms with Gasteiger partial charge in [-0.15, -0.1) is 0 Å². The van der Waals surface area contributed by atoms with Crippen LogP contribution in [0.3, 0.4) is 0 Å². The van der Waals surface area contributed by atoms with Crippen LogP contribution in [0.4, 0.5) is 4.39 Å². The molecule has 2 nitrogen and oxygen atoms in total. The molecule has 0 radical (unpaired) electrons. The normalized spacial score (nSPS) is 19.3. The summed E-state index contributed by atoms with van der Waals surface area (Å²) in [6.45, 7) is 0. The molecule has 0 spiro atoms. The van der Waals surface area contributed by atoms with Crippen LogP contribution >= 0.6 is 11.6 Å². The van der Waals surface area contributed by atoms with E-state index in [9.17, 15) is 9.50 Å². The van der Waals surface area contributed by atoms with Gasteiger partial charge in [0.05, 0.1) is 16.7 Å². The topological polar surface area (TPSA) is 29.5 Å². The summed E-state index contributed by atoms with van der Waals surface area (Å²) in [5.74, 6) is -0.438. The Morgan fingerprint density at radius 3 is 2.78 bits per heavy atom. The predicted octanol–water partition coefficient (Wildman–Crippen LogP) is 3.34. The fourth-order valence-corrected chi connectivity index (χ4v) is 2.73. The molecule has 18 heavy (non-hydrogen) atoms. The molecule has 1 aromatic rings. The van der Waals surface area contributed by atoms with Crippen molar-refractivity contribution in [2.24, 2.45) is 0 Å². The zero-order valence-corrected chi connectivity index (χ0v) is 11.2. The summed E-state index contributed by atoms with van der Waals surface area (Å²) in [6.07, 6.45) is 3.50. The standard InChI is InChI=1S/C14H18ClFO2/c1-18-14(6-3-7-14)9-11(17)8-10-4-2-5-12(16)13(10)15/h2,4-5,11,17H,3,6-9H2,1H3. The first-order chi connectivity index (χ1) is 8.56. The Morgan fingerprint density at radius 1 is 1.50 bits per heavy atom. The van der Waals surface area contributed by atoms with Crippen LogP contribution in [0.1, 0.15) is 31.2 Å². The zero-order chi connectivity index (χ0) is 13.2. The summed E-state index contributed by atoms with van der Waals surface area (Å²) >= 11 is 5.87. The van der Waals surface area contributed by atoms with Crippen LogP contribution in [0.2, 0.25) is 5.02 Å². The molecule has 1 fully saturated rings. The first-order valence-corrected chi connectivity index (χ1v) is 6.60. The van der Waals surface area contributed by atoms with Crippen LogP contribution in [-0.4, -0.2) is 23.9 Å². The summed E-state index contributed by atoms with van der Waals surface area (Å²) in [5.41, 5.74) is 0.467. The molecule has 2 rings (SSSR count). The van der Waals surface area contributed by atoms with E-state index in [1.165, 1.54) is 6.07 Å². The van der Waals surface area contributed by atoms with Gasteiger partial charge in [0.1, 0.15) is 5.82 Å². The Bertz CT molecular complexity index is 413. The lowest BCUT2D eigenvalue weighted by Crippen LogP contribution is -2.42. The van der Waals surface area contributed by atoms with Crippen LogP contribution in [0, 0.1) is 5.82 Å². The molecule has 0 heterocycles. The van der Waals surface area contributed by atoms with Gasteiger partial charge in [-0.3, -0.25) is 0 Å². The molecule has 1 N–H and O–H groups in total. The van der Waals surface area contributed by atoms with Crippen LogP contribution in [-0.2, 0) is 11.2 Å². The maximum atomic E-state index is 13.3. The summed E-state index contributed by atoms with van der Waals surface area (Å²) in [4.78, 5) is 0. The molecule has 0 amide bonds. The highest BCUT2D eigenvalue weighted by atomic mass is 35.5. The van der Waals surface area contributed by atoms with Crippen molar-refractivity contribution in [2.75, 3.05) is 7.11 Å². The molecule has 0 bridgehead atoms. The Hall–Kier alpha value is -0.640. The van der Waals surface area contributed by atoms with Gasteiger partial charge in [0.2, 0.25) is 0 Å². The average Bonchev–Trinajstić information content (AvgIpc) is 2.30. The summed E-state index contributed by atoms with van der Waals surface area (Å²) in [6, 6.07) is 4.67. The van der Waals surface area contributed by atoms with Crippen molar-refractivity contribution in [2.45, 2.75) is 43.8 Å². The third-order valence-electron chi connectivity index (χ3n) is 3.79. The summed E-state index contributed by atoms with van der Waals surface area (Å²) < 4.78 is 18.7. The number of hydrogen-bond acceptors (Lipinski definition) is 2. The maximum Gasteiger partial charge on any atom is 0.142 e. The van der Waals surface area contributed by atoms with Crippen molar-refractivity contribution in [3.63, 3.8) is 0 Å². The quantitative estimate of drug-likeness (QED) is 0.891. The number of rotatable bonds is 5. The van der Waals surface area contributed by atoms with E-state index >= 15 is 0 Å². The molecule has 1 aromatic carbocycles. The lowest BCUT2D eigenvalue weighted by atomic mass is 9.75. The van der Waals surface area contributed by atoms with Crippen LogP contribution in [0.5, 0.6) is 0 Å². The Morgan fingerprint density at radius 2 is 2.22 bits per heavy atom. The van der Waals surface area contributed by atoms with Crippen molar-refractivity contribution >= 4 is 11.6 Å². The van der Waals surface area contributed by atoms with E-state index in [4.69, 9.17) is 16.3 Å². The van der Waals surface area contributed by atoms with Gasteiger partial charge >= 0.3 is 0 Å². The minimum absolute atomic E-state index is 0.108. The van der Waals surface area contributed by atoms with E-state index in [2.05, 4.69) is 0 Å². The van der Waals surface area contributed by atoms with E-state index in [0.717, 1.165) is 19.3 Å². The molecule has 0 saturated heterocycles. The molecule has 0 aromatic heterocycles. The molecule has 1 aliphatic carbocycles. The van der Waals surface area contributed by atoms with Crippen LogP contribution in [0.25, 0.3) is 0 Å². The number of hydrogen-bond donors (Lipinski definition) is 1.